The zero-order valence-electron chi connectivity index (χ0n) is 12.7. The fourth-order valence-electron chi connectivity index (χ4n) is 2.15. The summed E-state index contributed by atoms with van der Waals surface area (Å²) in [6.07, 6.45) is 2.10. The van der Waals surface area contributed by atoms with Gasteiger partial charge in [-0.25, -0.2) is 0 Å². The summed E-state index contributed by atoms with van der Waals surface area (Å²) in [5.74, 6) is 0. The van der Waals surface area contributed by atoms with E-state index in [9.17, 15) is 0 Å². The average Bonchev–Trinajstić information content (AvgIpc) is 2.38. The normalized spacial score (nSPS) is 13.6. The van der Waals surface area contributed by atoms with Gasteiger partial charge in [0.15, 0.2) is 0 Å². The summed E-state index contributed by atoms with van der Waals surface area (Å²) in [7, 11) is 1.78. The third-order valence-electron chi connectivity index (χ3n) is 3.64. The number of rotatable bonds is 7. The van der Waals surface area contributed by atoms with Crippen LogP contribution in [-0.2, 0) is 4.74 Å². The quantitative estimate of drug-likeness (QED) is 0.789. The van der Waals surface area contributed by atoms with Crippen LogP contribution in [0.4, 0.5) is 0 Å². The van der Waals surface area contributed by atoms with Gasteiger partial charge in [-0.1, -0.05) is 41.1 Å². The maximum atomic E-state index is 5.52. The van der Waals surface area contributed by atoms with E-state index >= 15 is 0 Å². The number of aryl methyl sites for hydroxylation is 1. The maximum absolute atomic E-state index is 5.52. The van der Waals surface area contributed by atoms with E-state index < -0.39 is 0 Å². The molecule has 1 aromatic carbocycles. The van der Waals surface area contributed by atoms with Gasteiger partial charge in [0, 0.05) is 17.6 Å². The molecule has 0 radical (unpaired) electrons. The van der Waals surface area contributed by atoms with Crippen LogP contribution in [0.25, 0.3) is 0 Å². The SMILES string of the molecule is CCNC(CCC(C)(C)OC)c1cccc(C)c1Br. The Morgan fingerprint density at radius 1 is 1.37 bits per heavy atom. The van der Waals surface area contributed by atoms with Gasteiger partial charge >= 0.3 is 0 Å². The smallest absolute Gasteiger partial charge is 0.0623 e. The van der Waals surface area contributed by atoms with E-state index in [4.69, 9.17) is 4.74 Å². The van der Waals surface area contributed by atoms with Gasteiger partial charge in [-0.05, 0) is 51.3 Å². The van der Waals surface area contributed by atoms with Gasteiger partial charge in [-0.3, -0.25) is 0 Å². The van der Waals surface area contributed by atoms with Crippen molar-refractivity contribution >= 4 is 15.9 Å². The van der Waals surface area contributed by atoms with Crippen molar-refractivity contribution in [2.45, 2.75) is 52.2 Å². The molecule has 19 heavy (non-hydrogen) atoms. The fraction of sp³-hybridized carbons (Fsp3) is 0.625. The van der Waals surface area contributed by atoms with E-state index in [-0.39, 0.29) is 5.60 Å². The Labute approximate surface area is 126 Å². The van der Waals surface area contributed by atoms with Crippen molar-refractivity contribution in [3.8, 4) is 0 Å². The summed E-state index contributed by atoms with van der Waals surface area (Å²) in [6, 6.07) is 6.83. The molecular formula is C16H26BrNO. The Morgan fingerprint density at radius 3 is 2.63 bits per heavy atom. The van der Waals surface area contributed by atoms with Crippen LogP contribution >= 0.6 is 15.9 Å². The first-order valence-electron chi connectivity index (χ1n) is 6.95. The van der Waals surface area contributed by atoms with Crippen LogP contribution in [0.5, 0.6) is 0 Å². The minimum Gasteiger partial charge on any atom is -0.379 e. The van der Waals surface area contributed by atoms with Crippen LogP contribution in [0.2, 0.25) is 0 Å². The van der Waals surface area contributed by atoms with Gasteiger partial charge in [-0.2, -0.15) is 0 Å². The molecule has 108 valence electrons. The Morgan fingerprint density at radius 2 is 2.05 bits per heavy atom. The van der Waals surface area contributed by atoms with Crippen LogP contribution in [0.3, 0.4) is 0 Å². The van der Waals surface area contributed by atoms with E-state index in [2.05, 4.69) is 67.1 Å². The second-order valence-corrected chi connectivity index (χ2v) is 6.38. The Bertz CT molecular complexity index is 404. The molecular weight excluding hydrogens is 302 g/mol. The number of halogens is 1. The third-order valence-corrected chi connectivity index (χ3v) is 4.72. The molecule has 1 unspecified atom stereocenters. The van der Waals surface area contributed by atoms with Crippen LogP contribution in [-0.4, -0.2) is 19.3 Å². The minimum absolute atomic E-state index is 0.0655. The minimum atomic E-state index is -0.0655. The highest BCUT2D eigenvalue weighted by Gasteiger charge is 2.21. The molecule has 0 amide bonds. The highest BCUT2D eigenvalue weighted by molar-refractivity contribution is 9.10. The molecule has 0 saturated carbocycles. The van der Waals surface area contributed by atoms with Crippen molar-refractivity contribution in [3.63, 3.8) is 0 Å². The summed E-state index contributed by atoms with van der Waals surface area (Å²) in [6.45, 7) is 9.54. The van der Waals surface area contributed by atoms with Gasteiger partial charge in [0.2, 0.25) is 0 Å². The topological polar surface area (TPSA) is 21.3 Å². The first kappa shape index (κ1) is 16.7. The molecule has 0 saturated heterocycles. The Hall–Kier alpha value is -0.380. The zero-order valence-corrected chi connectivity index (χ0v) is 14.3. The predicted octanol–water partition coefficient (Wildman–Crippen LogP) is 4.61. The summed E-state index contributed by atoms with van der Waals surface area (Å²) in [5, 5.41) is 3.58. The van der Waals surface area contributed by atoms with Crippen molar-refractivity contribution < 1.29 is 4.74 Å². The van der Waals surface area contributed by atoms with E-state index in [0.717, 1.165) is 19.4 Å². The van der Waals surface area contributed by atoms with Crippen molar-refractivity contribution in [1.82, 2.24) is 5.32 Å². The summed E-state index contributed by atoms with van der Waals surface area (Å²) < 4.78 is 6.74. The first-order chi connectivity index (χ1) is 8.91. The molecule has 1 N–H and O–H groups in total. The highest BCUT2D eigenvalue weighted by Crippen LogP contribution is 2.31. The molecule has 0 heterocycles. The monoisotopic (exact) mass is 327 g/mol. The molecule has 1 rings (SSSR count). The Balaban J connectivity index is 2.85. The number of nitrogens with one attached hydrogen (secondary N) is 1. The first-order valence-corrected chi connectivity index (χ1v) is 7.74. The van der Waals surface area contributed by atoms with Gasteiger partial charge in [0.25, 0.3) is 0 Å². The van der Waals surface area contributed by atoms with Crippen LogP contribution < -0.4 is 5.32 Å². The zero-order chi connectivity index (χ0) is 14.5. The van der Waals surface area contributed by atoms with E-state index in [1.807, 2.05) is 0 Å². The number of ether oxygens (including phenoxy) is 1. The van der Waals surface area contributed by atoms with Crippen LogP contribution in [0, 0.1) is 6.92 Å². The number of hydrogen-bond acceptors (Lipinski definition) is 2. The van der Waals surface area contributed by atoms with Crippen molar-refractivity contribution in [3.05, 3.63) is 33.8 Å². The number of hydrogen-bond donors (Lipinski definition) is 1. The molecule has 1 atom stereocenters. The second-order valence-electron chi connectivity index (χ2n) is 5.59. The molecule has 0 spiro atoms. The molecule has 0 aliphatic heterocycles. The summed E-state index contributed by atoms with van der Waals surface area (Å²) in [5.41, 5.74) is 2.56. The van der Waals surface area contributed by atoms with Gasteiger partial charge < -0.3 is 10.1 Å². The van der Waals surface area contributed by atoms with E-state index in [0.29, 0.717) is 6.04 Å². The largest absolute Gasteiger partial charge is 0.379 e. The van der Waals surface area contributed by atoms with Crippen LogP contribution in [0.15, 0.2) is 22.7 Å². The molecule has 3 heteroatoms. The molecule has 0 fully saturated rings. The number of benzene rings is 1. The molecule has 0 bridgehead atoms. The molecule has 1 aromatic rings. The lowest BCUT2D eigenvalue weighted by Crippen LogP contribution is -2.27. The van der Waals surface area contributed by atoms with Crippen molar-refractivity contribution in [2.75, 3.05) is 13.7 Å². The third kappa shape index (κ3) is 4.90. The lowest BCUT2D eigenvalue weighted by Gasteiger charge is -2.27. The van der Waals surface area contributed by atoms with Gasteiger partial charge in [0.1, 0.15) is 0 Å². The van der Waals surface area contributed by atoms with Gasteiger partial charge in [0.05, 0.1) is 5.60 Å². The molecule has 0 aliphatic carbocycles. The van der Waals surface area contributed by atoms with Gasteiger partial charge in [-0.15, -0.1) is 0 Å². The molecule has 0 aliphatic rings. The lowest BCUT2D eigenvalue weighted by molar-refractivity contribution is 0.0117. The van der Waals surface area contributed by atoms with E-state index in [1.165, 1.54) is 15.6 Å². The molecule has 0 aromatic heterocycles. The van der Waals surface area contributed by atoms with Crippen molar-refractivity contribution in [2.24, 2.45) is 0 Å². The molecule has 2 nitrogen and oxygen atoms in total. The number of methoxy groups -OCH3 is 1. The van der Waals surface area contributed by atoms with E-state index in [1.54, 1.807) is 7.11 Å². The van der Waals surface area contributed by atoms with Crippen molar-refractivity contribution in [1.29, 1.82) is 0 Å². The Kier molecular flexibility index (Phi) is 6.51. The second kappa shape index (κ2) is 7.41. The predicted molar refractivity (Wildman–Crippen MR) is 85.6 cm³/mol. The fourth-order valence-corrected chi connectivity index (χ4v) is 2.69. The standard InChI is InChI=1S/C16H26BrNO/c1-6-18-14(10-11-16(3,4)19-5)13-9-7-8-12(2)15(13)17/h7-9,14,18H,6,10-11H2,1-5H3. The van der Waals surface area contributed by atoms with Crippen LogP contribution in [0.1, 0.15) is 50.8 Å². The summed E-state index contributed by atoms with van der Waals surface area (Å²) >= 11 is 3.72. The maximum Gasteiger partial charge on any atom is 0.0623 e. The summed E-state index contributed by atoms with van der Waals surface area (Å²) in [4.78, 5) is 0. The lowest BCUT2D eigenvalue weighted by atomic mass is 9.94. The average molecular weight is 328 g/mol. The highest BCUT2D eigenvalue weighted by atomic mass is 79.9.